The van der Waals surface area contributed by atoms with Gasteiger partial charge in [0.05, 0.1) is 4.47 Å². The highest BCUT2D eigenvalue weighted by molar-refractivity contribution is 9.10. The van der Waals surface area contributed by atoms with Crippen LogP contribution in [0.2, 0.25) is 5.02 Å². The Morgan fingerprint density at radius 2 is 1.88 bits per heavy atom. The van der Waals surface area contributed by atoms with Crippen molar-refractivity contribution >= 4 is 39.3 Å². The van der Waals surface area contributed by atoms with Gasteiger partial charge in [-0.25, -0.2) is 0 Å². The summed E-state index contributed by atoms with van der Waals surface area (Å²) in [4.78, 5) is 23.7. The summed E-state index contributed by atoms with van der Waals surface area (Å²) >= 11 is 9.15. The number of benzene rings is 2. The van der Waals surface area contributed by atoms with Crippen molar-refractivity contribution in [3.05, 3.63) is 58.0 Å². The van der Waals surface area contributed by atoms with E-state index in [1.165, 1.54) is 0 Å². The number of nitrogens with one attached hydrogen (secondary N) is 2. The molecule has 25 heavy (non-hydrogen) atoms. The van der Waals surface area contributed by atoms with Crippen LogP contribution >= 0.6 is 27.5 Å². The van der Waals surface area contributed by atoms with Crippen LogP contribution in [0.1, 0.15) is 6.92 Å². The van der Waals surface area contributed by atoms with Gasteiger partial charge < -0.3 is 9.47 Å². The molecule has 0 spiro atoms. The highest BCUT2D eigenvalue weighted by Crippen LogP contribution is 2.28. The molecule has 0 saturated heterocycles. The Morgan fingerprint density at radius 1 is 1.16 bits per heavy atom. The maximum Gasteiger partial charge on any atom is 0.279 e. The number of ether oxygens (including phenoxy) is 2. The zero-order chi connectivity index (χ0) is 18.2. The molecule has 2 N–H and O–H groups in total. The Balaban J connectivity index is 1.76. The first-order chi connectivity index (χ1) is 12.0. The molecule has 0 aliphatic carbocycles. The second kappa shape index (κ2) is 9.29. The first-order valence-electron chi connectivity index (χ1n) is 7.34. The summed E-state index contributed by atoms with van der Waals surface area (Å²) in [5, 5.41) is 0.544. The normalized spacial score (nSPS) is 11.3. The standard InChI is InChI=1S/C17H16BrClN2O4/c1-11(25-15-8-7-12(19)9-14(15)18)17(23)21-20-16(22)10-24-13-5-3-2-4-6-13/h2-9,11H,10H2,1H3,(H,20,22)(H,21,23). The summed E-state index contributed by atoms with van der Waals surface area (Å²) in [5.41, 5.74) is 4.55. The van der Waals surface area contributed by atoms with Crippen LogP contribution in [0.25, 0.3) is 0 Å². The number of carbonyl (C=O) groups excluding carboxylic acids is 2. The van der Waals surface area contributed by atoms with E-state index in [0.717, 1.165) is 0 Å². The average Bonchev–Trinajstić information content (AvgIpc) is 2.61. The third-order valence-electron chi connectivity index (χ3n) is 3.01. The summed E-state index contributed by atoms with van der Waals surface area (Å²) in [6.45, 7) is 1.34. The number of amides is 2. The fraction of sp³-hybridized carbons (Fsp3) is 0.176. The van der Waals surface area contributed by atoms with E-state index < -0.39 is 17.9 Å². The van der Waals surface area contributed by atoms with Gasteiger partial charge in [-0.1, -0.05) is 29.8 Å². The second-order valence-corrected chi connectivity index (χ2v) is 6.26. The van der Waals surface area contributed by atoms with E-state index in [4.69, 9.17) is 21.1 Å². The average molecular weight is 428 g/mol. The third-order valence-corrected chi connectivity index (χ3v) is 3.86. The van der Waals surface area contributed by atoms with Crippen LogP contribution < -0.4 is 20.3 Å². The van der Waals surface area contributed by atoms with Gasteiger partial charge in [-0.2, -0.15) is 0 Å². The Labute approximate surface area is 158 Å². The Hall–Kier alpha value is -2.25. The number of hydrogen-bond donors (Lipinski definition) is 2. The molecule has 0 aliphatic rings. The van der Waals surface area contributed by atoms with Crippen LogP contribution in [-0.2, 0) is 9.59 Å². The molecule has 2 rings (SSSR count). The molecule has 0 aliphatic heterocycles. The molecule has 0 aromatic heterocycles. The summed E-state index contributed by atoms with van der Waals surface area (Å²) in [7, 11) is 0. The fourth-order valence-corrected chi connectivity index (χ4v) is 2.53. The zero-order valence-electron chi connectivity index (χ0n) is 13.3. The van der Waals surface area contributed by atoms with Crippen molar-refractivity contribution in [1.29, 1.82) is 0 Å². The van der Waals surface area contributed by atoms with E-state index in [1.54, 1.807) is 49.4 Å². The number of rotatable bonds is 6. The molecule has 2 aromatic carbocycles. The van der Waals surface area contributed by atoms with Crippen molar-refractivity contribution in [2.75, 3.05) is 6.61 Å². The quantitative estimate of drug-likeness (QED) is 0.695. The van der Waals surface area contributed by atoms with Gasteiger partial charge in [0.2, 0.25) is 0 Å². The van der Waals surface area contributed by atoms with Crippen molar-refractivity contribution in [2.24, 2.45) is 0 Å². The Morgan fingerprint density at radius 3 is 2.56 bits per heavy atom. The number of hydrogen-bond acceptors (Lipinski definition) is 4. The van der Waals surface area contributed by atoms with E-state index in [9.17, 15) is 9.59 Å². The molecular weight excluding hydrogens is 412 g/mol. The van der Waals surface area contributed by atoms with Crippen molar-refractivity contribution in [3.8, 4) is 11.5 Å². The first kappa shape index (κ1) is 19.1. The maximum atomic E-state index is 12.0. The molecule has 0 bridgehead atoms. The zero-order valence-corrected chi connectivity index (χ0v) is 15.6. The molecule has 0 saturated carbocycles. The number of carbonyl (C=O) groups is 2. The Kier molecular flexibility index (Phi) is 7.09. The van der Waals surface area contributed by atoms with Crippen molar-refractivity contribution in [2.45, 2.75) is 13.0 Å². The highest BCUT2D eigenvalue weighted by atomic mass is 79.9. The van der Waals surface area contributed by atoms with Gasteiger partial charge >= 0.3 is 0 Å². The highest BCUT2D eigenvalue weighted by Gasteiger charge is 2.17. The van der Waals surface area contributed by atoms with E-state index in [-0.39, 0.29) is 6.61 Å². The lowest BCUT2D eigenvalue weighted by atomic mass is 10.3. The first-order valence-corrected chi connectivity index (χ1v) is 8.51. The van der Waals surface area contributed by atoms with Gasteiger partial charge in [-0.3, -0.25) is 20.4 Å². The molecule has 2 aromatic rings. The maximum absolute atomic E-state index is 12.0. The monoisotopic (exact) mass is 426 g/mol. The number of halogens is 2. The molecule has 132 valence electrons. The minimum Gasteiger partial charge on any atom is -0.484 e. The molecule has 1 atom stereocenters. The lowest BCUT2D eigenvalue weighted by Gasteiger charge is -2.16. The summed E-state index contributed by atoms with van der Waals surface area (Å²) in [5.74, 6) is 0.0334. The minimum absolute atomic E-state index is 0.220. The fourth-order valence-electron chi connectivity index (χ4n) is 1.75. The van der Waals surface area contributed by atoms with Crippen LogP contribution in [0.3, 0.4) is 0 Å². The topological polar surface area (TPSA) is 76.7 Å². The molecule has 0 fully saturated rings. The lowest BCUT2D eigenvalue weighted by molar-refractivity contribution is -0.133. The molecule has 0 radical (unpaired) electrons. The number of para-hydroxylation sites is 1. The molecule has 0 heterocycles. The third kappa shape index (κ3) is 6.28. The van der Waals surface area contributed by atoms with Crippen LogP contribution in [0.5, 0.6) is 11.5 Å². The lowest BCUT2D eigenvalue weighted by Crippen LogP contribution is -2.48. The van der Waals surface area contributed by atoms with Crippen LogP contribution in [0.15, 0.2) is 53.0 Å². The molecule has 6 nitrogen and oxygen atoms in total. The van der Waals surface area contributed by atoms with Crippen molar-refractivity contribution in [3.63, 3.8) is 0 Å². The smallest absolute Gasteiger partial charge is 0.279 e. The van der Waals surface area contributed by atoms with Crippen LogP contribution in [-0.4, -0.2) is 24.5 Å². The van der Waals surface area contributed by atoms with Crippen molar-refractivity contribution in [1.82, 2.24) is 10.9 Å². The van der Waals surface area contributed by atoms with E-state index in [2.05, 4.69) is 26.8 Å². The second-order valence-electron chi connectivity index (χ2n) is 4.97. The van der Waals surface area contributed by atoms with Gasteiger partial charge in [-0.05, 0) is 53.2 Å². The van der Waals surface area contributed by atoms with E-state index >= 15 is 0 Å². The van der Waals surface area contributed by atoms with E-state index in [0.29, 0.717) is 21.0 Å². The molecule has 8 heteroatoms. The minimum atomic E-state index is -0.826. The molecular formula is C17H16BrClN2O4. The predicted molar refractivity (Wildman–Crippen MR) is 97.5 cm³/mol. The molecule has 1 unspecified atom stereocenters. The van der Waals surface area contributed by atoms with Crippen LogP contribution in [0.4, 0.5) is 0 Å². The summed E-state index contributed by atoms with van der Waals surface area (Å²) < 4.78 is 11.4. The van der Waals surface area contributed by atoms with Gasteiger partial charge in [0.25, 0.3) is 11.8 Å². The van der Waals surface area contributed by atoms with Gasteiger partial charge in [0.1, 0.15) is 11.5 Å². The largest absolute Gasteiger partial charge is 0.484 e. The molecule has 2 amide bonds. The van der Waals surface area contributed by atoms with E-state index in [1.807, 2.05) is 6.07 Å². The number of hydrazine groups is 1. The van der Waals surface area contributed by atoms with Gasteiger partial charge in [0.15, 0.2) is 12.7 Å². The predicted octanol–water partition coefficient (Wildman–Crippen LogP) is 3.10. The van der Waals surface area contributed by atoms with Gasteiger partial charge in [-0.15, -0.1) is 0 Å². The van der Waals surface area contributed by atoms with Crippen molar-refractivity contribution < 1.29 is 19.1 Å². The SMILES string of the molecule is CC(Oc1ccc(Cl)cc1Br)C(=O)NNC(=O)COc1ccccc1. The Bertz CT molecular complexity index is 743. The van der Waals surface area contributed by atoms with Gasteiger partial charge in [0, 0.05) is 5.02 Å². The van der Waals surface area contributed by atoms with Crippen LogP contribution in [0, 0.1) is 0 Å². The summed E-state index contributed by atoms with van der Waals surface area (Å²) in [6, 6.07) is 13.8. The summed E-state index contributed by atoms with van der Waals surface area (Å²) in [6.07, 6.45) is -0.826.